The first kappa shape index (κ1) is 21.6. The molecule has 0 saturated carbocycles. The van der Waals surface area contributed by atoms with E-state index in [0.717, 1.165) is 11.1 Å². The Labute approximate surface area is 185 Å². The molecule has 2 heterocycles. The summed E-state index contributed by atoms with van der Waals surface area (Å²) in [4.78, 5) is 24.4. The molecule has 4 atom stereocenters. The Bertz CT molecular complexity index is 932. The van der Waals surface area contributed by atoms with Gasteiger partial charge in [-0.1, -0.05) is 24.3 Å². The molecule has 0 aromatic heterocycles. The number of anilines is 2. The van der Waals surface area contributed by atoms with Gasteiger partial charge in [0.15, 0.2) is 12.2 Å². The molecule has 2 fully saturated rings. The zero-order valence-electron chi connectivity index (χ0n) is 17.3. The summed E-state index contributed by atoms with van der Waals surface area (Å²) in [6, 6.07) is 14.2. The van der Waals surface area contributed by atoms with Crippen LogP contribution in [0.4, 0.5) is 11.4 Å². The van der Waals surface area contributed by atoms with E-state index in [4.69, 9.17) is 30.4 Å². The Hall–Kier alpha value is -3.62. The summed E-state index contributed by atoms with van der Waals surface area (Å²) in [5, 5.41) is 0. The minimum absolute atomic E-state index is 0.173. The second kappa shape index (κ2) is 9.67. The summed E-state index contributed by atoms with van der Waals surface area (Å²) in [5.74, 6) is -1.02. The molecule has 0 spiro atoms. The van der Waals surface area contributed by atoms with Crippen molar-refractivity contribution in [3.8, 4) is 0 Å². The highest BCUT2D eigenvalue weighted by atomic mass is 16.7. The van der Waals surface area contributed by atoms with E-state index >= 15 is 0 Å². The van der Waals surface area contributed by atoms with E-state index < -0.39 is 36.4 Å². The summed E-state index contributed by atoms with van der Waals surface area (Å²) in [6.07, 6.45) is 3.85. The molecule has 0 radical (unpaired) electrons. The Morgan fingerprint density at radius 3 is 1.47 bits per heavy atom. The van der Waals surface area contributed by atoms with Gasteiger partial charge >= 0.3 is 11.9 Å². The van der Waals surface area contributed by atoms with Crippen molar-refractivity contribution in [2.45, 2.75) is 24.4 Å². The van der Waals surface area contributed by atoms with Crippen LogP contribution in [0, 0.1) is 0 Å². The molecule has 4 N–H and O–H groups in total. The highest BCUT2D eigenvalue weighted by Gasteiger charge is 2.50. The number of rotatable bonds is 6. The second-order valence-electron chi connectivity index (χ2n) is 7.55. The van der Waals surface area contributed by atoms with Gasteiger partial charge in [0.2, 0.25) is 0 Å². The molecule has 4 rings (SSSR count). The van der Waals surface area contributed by atoms with Crippen LogP contribution in [-0.2, 0) is 28.5 Å². The number of fused-ring (bicyclic) bond motifs is 1. The van der Waals surface area contributed by atoms with E-state index in [0.29, 0.717) is 11.4 Å². The third kappa shape index (κ3) is 5.35. The maximum absolute atomic E-state index is 12.2. The molecule has 166 valence electrons. The molecule has 2 aromatic carbocycles. The quantitative estimate of drug-likeness (QED) is 0.401. The maximum atomic E-state index is 12.2. The summed E-state index contributed by atoms with van der Waals surface area (Å²) in [6.45, 7) is 0.345. The Kier molecular flexibility index (Phi) is 6.53. The number of nitrogens with two attached hydrogens (primary N) is 2. The highest BCUT2D eigenvalue weighted by Crippen LogP contribution is 2.31. The topological polar surface area (TPSA) is 123 Å². The van der Waals surface area contributed by atoms with E-state index in [1.807, 2.05) is 0 Å². The minimum atomic E-state index is -0.572. The molecule has 2 aliphatic heterocycles. The van der Waals surface area contributed by atoms with Crippen molar-refractivity contribution in [3.05, 3.63) is 71.8 Å². The number of carbonyl (C=O) groups is 2. The average molecular weight is 436 g/mol. The lowest BCUT2D eigenvalue weighted by atomic mass is 10.1. The van der Waals surface area contributed by atoms with Crippen LogP contribution >= 0.6 is 0 Å². The summed E-state index contributed by atoms with van der Waals surface area (Å²) >= 11 is 0. The van der Waals surface area contributed by atoms with Crippen molar-refractivity contribution in [2.75, 3.05) is 24.7 Å². The van der Waals surface area contributed by atoms with Crippen LogP contribution < -0.4 is 11.5 Å². The molecule has 0 amide bonds. The van der Waals surface area contributed by atoms with Crippen LogP contribution in [0.2, 0.25) is 0 Å². The second-order valence-corrected chi connectivity index (χ2v) is 7.55. The van der Waals surface area contributed by atoms with Crippen molar-refractivity contribution in [1.29, 1.82) is 0 Å². The van der Waals surface area contributed by atoms with Crippen LogP contribution in [0.5, 0.6) is 0 Å². The number of ether oxygens (including phenoxy) is 4. The first-order valence-electron chi connectivity index (χ1n) is 10.2. The zero-order chi connectivity index (χ0) is 22.5. The SMILES string of the molecule is Nc1ccc(C=CC(=O)O[C@H]2CO[C@H]3[C@@H]2OC[C@H]3OC(=O)C=Cc2ccc(N)cc2)cc1. The van der Waals surface area contributed by atoms with Crippen molar-refractivity contribution >= 4 is 35.5 Å². The molecule has 0 aliphatic carbocycles. The lowest BCUT2D eigenvalue weighted by Gasteiger charge is -2.16. The lowest BCUT2D eigenvalue weighted by Crippen LogP contribution is -2.35. The third-order valence-electron chi connectivity index (χ3n) is 5.19. The normalized spacial score (nSPS) is 24.6. The van der Waals surface area contributed by atoms with Gasteiger partial charge in [0.05, 0.1) is 13.2 Å². The van der Waals surface area contributed by atoms with Crippen molar-refractivity contribution in [3.63, 3.8) is 0 Å². The van der Waals surface area contributed by atoms with Gasteiger partial charge in [-0.25, -0.2) is 9.59 Å². The standard InChI is InChI=1S/C24H24N2O6/c25-17-7-1-15(2-8-17)5-11-21(27)31-19-13-29-24-20(14-30-23(19)24)32-22(28)12-6-16-3-9-18(26)10-4-16/h1-12,19-20,23-24H,13-14,25-26H2/t19-,20+,23-,24-/m1/s1. The Morgan fingerprint density at radius 1 is 0.719 bits per heavy atom. The fourth-order valence-electron chi connectivity index (χ4n) is 3.55. The summed E-state index contributed by atoms with van der Waals surface area (Å²) < 4.78 is 22.3. The highest BCUT2D eigenvalue weighted by molar-refractivity contribution is 5.88. The van der Waals surface area contributed by atoms with Crippen LogP contribution in [0.1, 0.15) is 11.1 Å². The minimum Gasteiger partial charge on any atom is -0.454 e. The van der Waals surface area contributed by atoms with E-state index in [2.05, 4.69) is 0 Å². The third-order valence-corrected chi connectivity index (χ3v) is 5.19. The lowest BCUT2D eigenvalue weighted by molar-refractivity contribution is -0.149. The Morgan fingerprint density at radius 2 is 1.09 bits per heavy atom. The number of esters is 2. The van der Waals surface area contributed by atoms with Crippen LogP contribution in [0.15, 0.2) is 60.7 Å². The maximum Gasteiger partial charge on any atom is 0.331 e. The van der Waals surface area contributed by atoms with Crippen LogP contribution in [0.25, 0.3) is 12.2 Å². The van der Waals surface area contributed by atoms with Gasteiger partial charge in [0.25, 0.3) is 0 Å². The summed E-state index contributed by atoms with van der Waals surface area (Å²) in [7, 11) is 0. The smallest absolute Gasteiger partial charge is 0.331 e. The van der Waals surface area contributed by atoms with Crippen LogP contribution in [0.3, 0.4) is 0 Å². The van der Waals surface area contributed by atoms with Crippen molar-refractivity contribution in [2.24, 2.45) is 0 Å². The first-order chi connectivity index (χ1) is 15.5. The number of hydrogen-bond donors (Lipinski definition) is 2. The molecule has 32 heavy (non-hydrogen) atoms. The molecule has 0 bridgehead atoms. The van der Waals surface area contributed by atoms with Crippen molar-refractivity contribution in [1.82, 2.24) is 0 Å². The fraction of sp³-hybridized carbons (Fsp3) is 0.250. The van der Waals surface area contributed by atoms with E-state index in [1.54, 1.807) is 60.7 Å². The van der Waals surface area contributed by atoms with Gasteiger partial charge in [-0.15, -0.1) is 0 Å². The van der Waals surface area contributed by atoms with Gasteiger partial charge in [0, 0.05) is 23.5 Å². The number of hydrogen-bond acceptors (Lipinski definition) is 8. The largest absolute Gasteiger partial charge is 0.454 e. The summed E-state index contributed by atoms with van der Waals surface area (Å²) in [5.41, 5.74) is 14.2. The number of benzene rings is 2. The molecule has 2 aromatic rings. The van der Waals surface area contributed by atoms with Crippen LogP contribution in [-0.4, -0.2) is 49.6 Å². The van der Waals surface area contributed by atoms with Gasteiger partial charge in [-0.2, -0.15) is 0 Å². The molecular formula is C24H24N2O6. The predicted molar refractivity (Wildman–Crippen MR) is 119 cm³/mol. The fourth-order valence-corrected chi connectivity index (χ4v) is 3.55. The van der Waals surface area contributed by atoms with Gasteiger partial charge < -0.3 is 30.4 Å². The predicted octanol–water partition coefficient (Wildman–Crippen LogP) is 2.20. The zero-order valence-corrected chi connectivity index (χ0v) is 17.3. The average Bonchev–Trinajstić information content (AvgIpc) is 3.36. The monoisotopic (exact) mass is 436 g/mol. The Balaban J connectivity index is 1.27. The number of nitrogen functional groups attached to an aromatic ring is 2. The number of carbonyl (C=O) groups excluding carboxylic acids is 2. The first-order valence-corrected chi connectivity index (χ1v) is 10.2. The molecular weight excluding hydrogens is 412 g/mol. The van der Waals surface area contributed by atoms with E-state index in [-0.39, 0.29) is 13.2 Å². The molecule has 2 aliphatic rings. The molecule has 8 heteroatoms. The molecule has 0 unspecified atom stereocenters. The van der Waals surface area contributed by atoms with Gasteiger partial charge in [0.1, 0.15) is 12.2 Å². The van der Waals surface area contributed by atoms with Gasteiger partial charge in [-0.3, -0.25) is 0 Å². The van der Waals surface area contributed by atoms with Crippen molar-refractivity contribution < 1.29 is 28.5 Å². The van der Waals surface area contributed by atoms with E-state index in [9.17, 15) is 9.59 Å². The molecule has 2 saturated heterocycles. The molecule has 8 nitrogen and oxygen atoms in total. The van der Waals surface area contributed by atoms with Gasteiger partial charge in [-0.05, 0) is 47.5 Å². The van der Waals surface area contributed by atoms with E-state index in [1.165, 1.54) is 12.2 Å².